The molecule has 2 heteroatoms. The maximum Gasteiger partial charge on any atom is 0.0240 e. The molecule has 23 heavy (non-hydrogen) atoms. The zero-order valence-electron chi connectivity index (χ0n) is 13.7. The molecule has 1 fully saturated rings. The molecular formula is C21H26N2. The molecule has 0 spiro atoms. The van der Waals surface area contributed by atoms with Crippen molar-refractivity contribution in [2.75, 3.05) is 0 Å². The van der Waals surface area contributed by atoms with E-state index in [1.807, 2.05) is 6.08 Å². The highest BCUT2D eigenvalue weighted by atomic mass is 15.2. The summed E-state index contributed by atoms with van der Waals surface area (Å²) in [5.41, 5.74) is 9.11. The number of hydrogen-bond acceptors (Lipinski definition) is 2. The quantitative estimate of drug-likeness (QED) is 0.780. The predicted octanol–water partition coefficient (Wildman–Crippen LogP) is 4.12. The summed E-state index contributed by atoms with van der Waals surface area (Å²) >= 11 is 0. The SMILES string of the molecule is C=CCC1(N)CC(N(Cc2ccccc2)Cc2ccccc2)C1. The molecular weight excluding hydrogens is 280 g/mol. The Morgan fingerprint density at radius 3 is 1.87 bits per heavy atom. The van der Waals surface area contributed by atoms with Gasteiger partial charge in [0.1, 0.15) is 0 Å². The summed E-state index contributed by atoms with van der Waals surface area (Å²) in [6.45, 7) is 5.79. The van der Waals surface area contributed by atoms with Crippen LogP contribution < -0.4 is 5.73 Å². The molecule has 120 valence electrons. The first-order chi connectivity index (χ1) is 11.2. The molecule has 0 unspecified atom stereocenters. The lowest BCUT2D eigenvalue weighted by atomic mass is 9.70. The summed E-state index contributed by atoms with van der Waals surface area (Å²) in [6.07, 6.45) is 4.97. The van der Waals surface area contributed by atoms with E-state index < -0.39 is 0 Å². The fourth-order valence-electron chi connectivity index (χ4n) is 3.54. The fraction of sp³-hybridized carbons (Fsp3) is 0.333. The van der Waals surface area contributed by atoms with Crippen LogP contribution in [0.4, 0.5) is 0 Å². The second-order valence-electron chi connectivity index (χ2n) is 6.79. The Hall–Kier alpha value is -1.90. The molecule has 3 rings (SSSR count). The van der Waals surface area contributed by atoms with Gasteiger partial charge in [-0.3, -0.25) is 4.90 Å². The van der Waals surface area contributed by atoms with E-state index in [9.17, 15) is 0 Å². The van der Waals surface area contributed by atoms with Crippen molar-refractivity contribution in [3.05, 3.63) is 84.4 Å². The number of benzene rings is 2. The zero-order chi connectivity index (χ0) is 16.1. The van der Waals surface area contributed by atoms with Crippen molar-refractivity contribution in [2.24, 2.45) is 5.73 Å². The summed E-state index contributed by atoms with van der Waals surface area (Å²) in [4.78, 5) is 2.57. The fourth-order valence-corrected chi connectivity index (χ4v) is 3.54. The molecule has 0 radical (unpaired) electrons. The van der Waals surface area contributed by atoms with E-state index in [1.165, 1.54) is 11.1 Å². The van der Waals surface area contributed by atoms with Crippen molar-refractivity contribution in [3.8, 4) is 0 Å². The average Bonchev–Trinajstić information content (AvgIpc) is 2.54. The Labute approximate surface area is 139 Å². The lowest BCUT2D eigenvalue weighted by molar-refractivity contribution is 0.0466. The van der Waals surface area contributed by atoms with Crippen molar-refractivity contribution in [2.45, 2.75) is 43.9 Å². The Kier molecular flexibility index (Phi) is 4.94. The topological polar surface area (TPSA) is 29.3 Å². The molecule has 1 saturated carbocycles. The van der Waals surface area contributed by atoms with Gasteiger partial charge in [0.2, 0.25) is 0 Å². The Morgan fingerprint density at radius 1 is 0.957 bits per heavy atom. The molecule has 1 aliphatic rings. The predicted molar refractivity (Wildman–Crippen MR) is 96.9 cm³/mol. The van der Waals surface area contributed by atoms with Gasteiger partial charge in [0.05, 0.1) is 0 Å². The Balaban J connectivity index is 1.70. The van der Waals surface area contributed by atoms with E-state index in [-0.39, 0.29) is 5.54 Å². The zero-order valence-corrected chi connectivity index (χ0v) is 13.7. The van der Waals surface area contributed by atoms with Crippen LogP contribution in [0.1, 0.15) is 30.4 Å². The Bertz CT molecular complexity index is 573. The summed E-state index contributed by atoms with van der Waals surface area (Å²) in [7, 11) is 0. The minimum absolute atomic E-state index is 0.0436. The number of hydrogen-bond donors (Lipinski definition) is 1. The molecule has 0 aromatic heterocycles. The van der Waals surface area contributed by atoms with Gasteiger partial charge in [0, 0.05) is 24.7 Å². The largest absolute Gasteiger partial charge is 0.325 e. The van der Waals surface area contributed by atoms with E-state index in [4.69, 9.17) is 5.73 Å². The van der Waals surface area contributed by atoms with E-state index in [1.54, 1.807) is 0 Å². The van der Waals surface area contributed by atoms with E-state index in [2.05, 4.69) is 72.1 Å². The van der Waals surface area contributed by atoms with E-state index in [0.717, 1.165) is 32.4 Å². The van der Waals surface area contributed by atoms with Crippen molar-refractivity contribution in [1.82, 2.24) is 4.90 Å². The van der Waals surface area contributed by atoms with Crippen LogP contribution in [-0.2, 0) is 13.1 Å². The van der Waals surface area contributed by atoms with Crippen molar-refractivity contribution < 1.29 is 0 Å². The minimum atomic E-state index is -0.0436. The average molecular weight is 306 g/mol. The highest BCUT2D eigenvalue weighted by Gasteiger charge is 2.42. The second-order valence-corrected chi connectivity index (χ2v) is 6.79. The molecule has 2 aromatic carbocycles. The van der Waals surface area contributed by atoms with Crippen LogP contribution in [-0.4, -0.2) is 16.5 Å². The van der Waals surface area contributed by atoms with Crippen molar-refractivity contribution in [1.29, 1.82) is 0 Å². The van der Waals surface area contributed by atoms with Gasteiger partial charge in [-0.25, -0.2) is 0 Å². The van der Waals surface area contributed by atoms with Crippen LogP contribution >= 0.6 is 0 Å². The molecule has 2 nitrogen and oxygen atoms in total. The summed E-state index contributed by atoms with van der Waals surface area (Å²) in [5.74, 6) is 0. The van der Waals surface area contributed by atoms with Crippen LogP contribution in [0.3, 0.4) is 0 Å². The molecule has 0 bridgehead atoms. The number of rotatable bonds is 7. The maximum atomic E-state index is 6.43. The highest BCUT2D eigenvalue weighted by Crippen LogP contribution is 2.37. The minimum Gasteiger partial charge on any atom is -0.325 e. The first-order valence-electron chi connectivity index (χ1n) is 8.40. The molecule has 0 saturated heterocycles. The van der Waals surface area contributed by atoms with Gasteiger partial charge in [-0.1, -0.05) is 66.7 Å². The summed E-state index contributed by atoms with van der Waals surface area (Å²) in [5, 5.41) is 0. The first-order valence-corrected chi connectivity index (χ1v) is 8.40. The molecule has 2 aromatic rings. The van der Waals surface area contributed by atoms with Gasteiger partial charge < -0.3 is 5.73 Å². The molecule has 0 atom stereocenters. The lowest BCUT2D eigenvalue weighted by Crippen LogP contribution is -2.59. The summed E-state index contributed by atoms with van der Waals surface area (Å²) < 4.78 is 0. The van der Waals surface area contributed by atoms with Gasteiger partial charge in [-0.05, 0) is 30.4 Å². The van der Waals surface area contributed by atoms with Gasteiger partial charge in [-0.2, -0.15) is 0 Å². The maximum absolute atomic E-state index is 6.43. The van der Waals surface area contributed by atoms with Gasteiger partial charge >= 0.3 is 0 Å². The van der Waals surface area contributed by atoms with Gasteiger partial charge in [0.25, 0.3) is 0 Å². The van der Waals surface area contributed by atoms with Crippen LogP contribution in [0.2, 0.25) is 0 Å². The van der Waals surface area contributed by atoms with Gasteiger partial charge in [0.15, 0.2) is 0 Å². The third-order valence-corrected chi connectivity index (χ3v) is 4.81. The molecule has 0 aliphatic heterocycles. The first kappa shape index (κ1) is 16.0. The second kappa shape index (κ2) is 7.12. The number of nitrogens with zero attached hydrogens (tertiary/aromatic N) is 1. The summed E-state index contributed by atoms with van der Waals surface area (Å²) in [6, 6.07) is 22.0. The lowest BCUT2D eigenvalue weighted by Gasteiger charge is -2.49. The van der Waals surface area contributed by atoms with Crippen LogP contribution in [0.5, 0.6) is 0 Å². The molecule has 0 heterocycles. The third kappa shape index (κ3) is 4.10. The van der Waals surface area contributed by atoms with E-state index >= 15 is 0 Å². The molecule has 1 aliphatic carbocycles. The van der Waals surface area contributed by atoms with Crippen LogP contribution in [0.25, 0.3) is 0 Å². The third-order valence-electron chi connectivity index (χ3n) is 4.81. The van der Waals surface area contributed by atoms with Crippen LogP contribution in [0, 0.1) is 0 Å². The standard InChI is InChI=1S/C21H26N2/c1-2-13-21(22)14-20(15-21)23(16-18-9-5-3-6-10-18)17-19-11-7-4-8-12-19/h2-12,20H,1,13-17,22H2. The smallest absolute Gasteiger partial charge is 0.0240 e. The van der Waals surface area contributed by atoms with E-state index in [0.29, 0.717) is 6.04 Å². The molecule has 0 amide bonds. The number of nitrogens with two attached hydrogens (primary N) is 1. The highest BCUT2D eigenvalue weighted by molar-refractivity contribution is 5.18. The van der Waals surface area contributed by atoms with Crippen molar-refractivity contribution in [3.63, 3.8) is 0 Å². The monoisotopic (exact) mass is 306 g/mol. The van der Waals surface area contributed by atoms with Crippen LogP contribution in [0.15, 0.2) is 73.3 Å². The van der Waals surface area contributed by atoms with Crippen molar-refractivity contribution >= 4 is 0 Å². The van der Waals surface area contributed by atoms with Gasteiger partial charge in [-0.15, -0.1) is 6.58 Å². The normalized spacial score (nSPS) is 23.5. The molecule has 2 N–H and O–H groups in total. The Morgan fingerprint density at radius 2 is 1.43 bits per heavy atom.